The van der Waals surface area contributed by atoms with E-state index in [2.05, 4.69) is 26.2 Å². The van der Waals surface area contributed by atoms with Crippen LogP contribution in [0.1, 0.15) is 5.56 Å². The minimum atomic E-state index is -4.54. The van der Waals surface area contributed by atoms with Crippen molar-refractivity contribution in [1.29, 1.82) is 0 Å². The first-order valence-electron chi connectivity index (χ1n) is 4.60. The van der Waals surface area contributed by atoms with Gasteiger partial charge in [-0.2, -0.15) is 13.2 Å². The number of nitrogens with zero attached hydrogens (tertiary/aromatic N) is 1. The first-order chi connectivity index (χ1) is 7.84. The first kappa shape index (κ1) is 14.2. The lowest BCUT2D eigenvalue weighted by Gasteiger charge is -2.15. The van der Waals surface area contributed by atoms with Crippen LogP contribution in [0.5, 0.6) is 0 Å². The van der Waals surface area contributed by atoms with Crippen LogP contribution in [0.3, 0.4) is 0 Å². The topological polar surface area (TPSA) is 65.4 Å². The number of hydrogen-bond acceptors (Lipinski definition) is 4. The molecule has 96 valence electrons. The van der Waals surface area contributed by atoms with Gasteiger partial charge in [0.2, 0.25) is 0 Å². The maximum Gasteiger partial charge on any atom is 0.419 e. The number of pyridine rings is 1. The van der Waals surface area contributed by atoms with E-state index in [4.69, 9.17) is 10.2 Å². The predicted molar refractivity (Wildman–Crippen MR) is 58.5 cm³/mol. The van der Waals surface area contributed by atoms with E-state index in [1.165, 1.54) is 6.20 Å². The smallest absolute Gasteiger partial charge is 0.394 e. The normalized spacial score (nSPS) is 13.5. The van der Waals surface area contributed by atoms with Gasteiger partial charge >= 0.3 is 6.18 Å². The SMILES string of the molecule is OCC(O)CNc1ncc(Br)cc1C(F)(F)F. The van der Waals surface area contributed by atoms with E-state index < -0.39 is 24.5 Å². The van der Waals surface area contributed by atoms with Crippen LogP contribution < -0.4 is 5.32 Å². The molecule has 4 nitrogen and oxygen atoms in total. The lowest BCUT2D eigenvalue weighted by atomic mass is 10.2. The van der Waals surface area contributed by atoms with Crippen LogP contribution in [0.25, 0.3) is 0 Å². The Balaban J connectivity index is 2.91. The molecule has 1 aromatic rings. The molecule has 0 spiro atoms. The van der Waals surface area contributed by atoms with Crippen molar-refractivity contribution in [2.24, 2.45) is 0 Å². The number of hydrogen-bond donors (Lipinski definition) is 3. The van der Waals surface area contributed by atoms with E-state index in [9.17, 15) is 13.2 Å². The minimum Gasteiger partial charge on any atom is -0.394 e. The van der Waals surface area contributed by atoms with E-state index in [0.29, 0.717) is 0 Å². The van der Waals surface area contributed by atoms with Crippen LogP contribution in [0.15, 0.2) is 16.7 Å². The van der Waals surface area contributed by atoms with E-state index in [1.54, 1.807) is 0 Å². The molecule has 0 aliphatic rings. The fourth-order valence-corrected chi connectivity index (χ4v) is 1.41. The third-order valence-electron chi connectivity index (χ3n) is 1.88. The van der Waals surface area contributed by atoms with Crippen LogP contribution in [0.2, 0.25) is 0 Å². The molecule has 0 aliphatic carbocycles. The third kappa shape index (κ3) is 4.14. The van der Waals surface area contributed by atoms with Gasteiger partial charge in [0, 0.05) is 17.2 Å². The molecular formula is C9H10BrF3N2O2. The van der Waals surface area contributed by atoms with E-state index in [1.807, 2.05) is 0 Å². The fraction of sp³-hybridized carbons (Fsp3) is 0.444. The van der Waals surface area contributed by atoms with E-state index in [0.717, 1.165) is 6.07 Å². The summed E-state index contributed by atoms with van der Waals surface area (Å²) < 4.78 is 38.1. The molecule has 17 heavy (non-hydrogen) atoms. The fourth-order valence-electron chi connectivity index (χ4n) is 1.08. The molecule has 0 radical (unpaired) electrons. The summed E-state index contributed by atoms with van der Waals surface area (Å²) in [6, 6.07) is 0.890. The Morgan fingerprint density at radius 3 is 2.65 bits per heavy atom. The van der Waals surface area contributed by atoms with Crippen molar-refractivity contribution >= 4 is 21.7 Å². The molecule has 0 saturated carbocycles. The van der Waals surface area contributed by atoms with Crippen LogP contribution in [0.4, 0.5) is 19.0 Å². The van der Waals surface area contributed by atoms with Gasteiger partial charge in [0.15, 0.2) is 0 Å². The van der Waals surface area contributed by atoms with Crippen LogP contribution >= 0.6 is 15.9 Å². The van der Waals surface area contributed by atoms with Gasteiger partial charge in [-0.1, -0.05) is 0 Å². The molecule has 1 unspecified atom stereocenters. The summed E-state index contributed by atoms with van der Waals surface area (Å²) in [6.07, 6.45) is -4.46. The highest BCUT2D eigenvalue weighted by Gasteiger charge is 2.34. The van der Waals surface area contributed by atoms with Crippen LogP contribution in [0, 0.1) is 0 Å². The summed E-state index contributed by atoms with van der Waals surface area (Å²) in [7, 11) is 0. The second-order valence-corrected chi connectivity index (χ2v) is 4.18. The van der Waals surface area contributed by atoms with Gasteiger partial charge in [0.1, 0.15) is 5.82 Å². The molecule has 0 amide bonds. The van der Waals surface area contributed by atoms with Crippen LogP contribution in [-0.4, -0.2) is 34.5 Å². The highest BCUT2D eigenvalue weighted by atomic mass is 79.9. The summed E-state index contributed by atoms with van der Waals surface area (Å²) >= 11 is 2.90. The maximum absolute atomic E-state index is 12.6. The quantitative estimate of drug-likeness (QED) is 0.790. The largest absolute Gasteiger partial charge is 0.419 e. The third-order valence-corrected chi connectivity index (χ3v) is 2.31. The number of aliphatic hydroxyl groups excluding tert-OH is 2. The molecule has 3 N–H and O–H groups in total. The van der Waals surface area contributed by atoms with Gasteiger partial charge < -0.3 is 15.5 Å². The molecule has 1 atom stereocenters. The van der Waals surface area contributed by atoms with Crippen LogP contribution in [-0.2, 0) is 6.18 Å². The lowest BCUT2D eigenvalue weighted by Crippen LogP contribution is -2.24. The zero-order valence-corrected chi connectivity index (χ0v) is 10.1. The van der Waals surface area contributed by atoms with Gasteiger partial charge in [0.25, 0.3) is 0 Å². The second-order valence-electron chi connectivity index (χ2n) is 3.26. The monoisotopic (exact) mass is 314 g/mol. The van der Waals surface area contributed by atoms with Crippen molar-refractivity contribution in [2.75, 3.05) is 18.5 Å². The van der Waals surface area contributed by atoms with Gasteiger partial charge in [0.05, 0.1) is 18.3 Å². The molecule has 0 fully saturated rings. The number of aromatic nitrogens is 1. The number of nitrogens with one attached hydrogen (secondary N) is 1. The Hall–Kier alpha value is -0.860. The number of rotatable bonds is 4. The van der Waals surface area contributed by atoms with Crippen molar-refractivity contribution in [3.8, 4) is 0 Å². The van der Waals surface area contributed by atoms with Crippen molar-refractivity contribution < 1.29 is 23.4 Å². The molecule has 1 aromatic heterocycles. The number of anilines is 1. The predicted octanol–water partition coefficient (Wildman–Crippen LogP) is 1.63. The summed E-state index contributed by atoms with van der Waals surface area (Å²) in [4.78, 5) is 3.58. The van der Waals surface area contributed by atoms with E-state index >= 15 is 0 Å². The Kier molecular flexibility index (Phi) is 4.72. The Morgan fingerprint density at radius 1 is 1.47 bits per heavy atom. The molecule has 0 saturated heterocycles. The van der Waals surface area contributed by atoms with Gasteiger partial charge in [-0.05, 0) is 22.0 Å². The summed E-state index contributed by atoms with van der Waals surface area (Å²) in [6.45, 7) is -0.751. The van der Waals surface area contributed by atoms with Crippen molar-refractivity contribution in [1.82, 2.24) is 4.98 Å². The zero-order chi connectivity index (χ0) is 13.1. The Bertz CT molecular complexity index is 387. The average Bonchev–Trinajstić information content (AvgIpc) is 2.25. The first-order valence-corrected chi connectivity index (χ1v) is 5.39. The standard InChI is InChI=1S/C9H10BrF3N2O2/c10-5-1-7(9(11,12)13)8(14-2-5)15-3-6(17)4-16/h1-2,6,16-17H,3-4H2,(H,14,15). The minimum absolute atomic E-state index is 0.207. The Labute approximate surface area is 104 Å². The average molecular weight is 315 g/mol. The van der Waals surface area contributed by atoms with Gasteiger partial charge in [-0.3, -0.25) is 0 Å². The molecule has 0 aliphatic heterocycles. The van der Waals surface area contributed by atoms with E-state index in [-0.39, 0.29) is 16.8 Å². The summed E-state index contributed by atoms with van der Waals surface area (Å²) in [5, 5.41) is 19.9. The molecule has 0 bridgehead atoms. The lowest BCUT2D eigenvalue weighted by molar-refractivity contribution is -0.137. The highest BCUT2D eigenvalue weighted by Crippen LogP contribution is 2.35. The highest BCUT2D eigenvalue weighted by molar-refractivity contribution is 9.10. The van der Waals surface area contributed by atoms with Gasteiger partial charge in [-0.25, -0.2) is 4.98 Å². The van der Waals surface area contributed by atoms with Crippen molar-refractivity contribution in [2.45, 2.75) is 12.3 Å². The second kappa shape index (κ2) is 5.65. The number of alkyl halides is 3. The maximum atomic E-state index is 12.6. The molecule has 1 rings (SSSR count). The summed E-state index contributed by atoms with van der Waals surface area (Å²) in [5.74, 6) is -0.381. The molecule has 1 heterocycles. The molecular weight excluding hydrogens is 305 g/mol. The number of aliphatic hydroxyl groups is 2. The Morgan fingerprint density at radius 2 is 2.12 bits per heavy atom. The van der Waals surface area contributed by atoms with Crippen molar-refractivity contribution in [3.05, 3.63) is 22.3 Å². The summed E-state index contributed by atoms with van der Waals surface area (Å²) in [5.41, 5.74) is -0.933. The zero-order valence-electron chi connectivity index (χ0n) is 8.50. The van der Waals surface area contributed by atoms with Gasteiger partial charge in [-0.15, -0.1) is 0 Å². The molecule has 8 heteroatoms. The number of halogens is 4. The molecule has 0 aromatic carbocycles. The van der Waals surface area contributed by atoms with Crippen molar-refractivity contribution in [3.63, 3.8) is 0 Å².